The van der Waals surface area contributed by atoms with Crippen molar-refractivity contribution in [1.82, 2.24) is 0 Å². The van der Waals surface area contributed by atoms with Crippen LogP contribution in [0.4, 0.5) is 5.69 Å². The van der Waals surface area contributed by atoms with E-state index in [1.807, 2.05) is 25.1 Å². The zero-order valence-electron chi connectivity index (χ0n) is 11.4. The average molecular weight is 292 g/mol. The van der Waals surface area contributed by atoms with Gasteiger partial charge >= 0.3 is 0 Å². The van der Waals surface area contributed by atoms with Crippen LogP contribution < -0.4 is 5.32 Å². The lowest BCUT2D eigenvalue weighted by Crippen LogP contribution is -2.11. The minimum absolute atomic E-state index is 0.200. The molecular formula is C16H18ClNO2. The van der Waals surface area contributed by atoms with E-state index in [4.69, 9.17) is 11.6 Å². The number of ketones is 1. The highest BCUT2D eigenvalue weighted by Gasteiger charge is 2.25. The highest BCUT2D eigenvalue weighted by molar-refractivity contribution is 6.33. The zero-order valence-corrected chi connectivity index (χ0v) is 12.2. The van der Waals surface area contributed by atoms with Gasteiger partial charge in [0.1, 0.15) is 5.78 Å². The van der Waals surface area contributed by atoms with Crippen LogP contribution in [0.3, 0.4) is 0 Å². The molecule has 1 aromatic rings. The Balaban J connectivity index is 1.89. The number of amides is 1. The Bertz CT molecular complexity index is 539. The predicted molar refractivity (Wildman–Crippen MR) is 80.7 cm³/mol. The Morgan fingerprint density at radius 2 is 2.20 bits per heavy atom. The van der Waals surface area contributed by atoms with Crippen molar-refractivity contribution < 1.29 is 9.59 Å². The van der Waals surface area contributed by atoms with Crippen LogP contribution in [0, 0.1) is 11.8 Å². The van der Waals surface area contributed by atoms with E-state index in [9.17, 15) is 9.59 Å². The highest BCUT2D eigenvalue weighted by Crippen LogP contribution is 2.29. The first-order valence-corrected chi connectivity index (χ1v) is 7.19. The summed E-state index contributed by atoms with van der Waals surface area (Å²) in [4.78, 5) is 23.1. The van der Waals surface area contributed by atoms with Gasteiger partial charge in [0.2, 0.25) is 5.91 Å². The standard InChI is InChI=1S/C16H18ClNO2/c1-11(12-7-8-13(19)10-12)6-9-16(20)18-15-5-3-2-4-14(15)17/h2-6,9,11-12H,7-8,10H2,1H3,(H,18,20)/b9-6+/t11-,12+/m0/s1. The number of carbonyl (C=O) groups excluding carboxylic acids is 2. The number of nitrogens with one attached hydrogen (secondary N) is 1. The number of Topliss-reactive ketones (excluding diaryl/α,β-unsaturated/α-hetero) is 1. The summed E-state index contributed by atoms with van der Waals surface area (Å²) in [6.45, 7) is 2.04. The summed E-state index contributed by atoms with van der Waals surface area (Å²) >= 11 is 5.97. The molecule has 2 rings (SSSR count). The minimum atomic E-state index is -0.200. The van der Waals surface area contributed by atoms with Gasteiger partial charge in [-0.3, -0.25) is 9.59 Å². The number of carbonyl (C=O) groups is 2. The molecular weight excluding hydrogens is 274 g/mol. The van der Waals surface area contributed by atoms with Crippen molar-refractivity contribution in [3.8, 4) is 0 Å². The Morgan fingerprint density at radius 1 is 1.45 bits per heavy atom. The van der Waals surface area contributed by atoms with Crippen molar-refractivity contribution in [1.29, 1.82) is 0 Å². The fourth-order valence-electron chi connectivity index (χ4n) is 2.43. The monoisotopic (exact) mass is 291 g/mol. The second-order valence-electron chi connectivity index (χ2n) is 5.23. The quantitative estimate of drug-likeness (QED) is 0.857. The maximum atomic E-state index is 11.8. The van der Waals surface area contributed by atoms with Gasteiger partial charge in [-0.25, -0.2) is 0 Å². The van der Waals surface area contributed by atoms with Crippen molar-refractivity contribution >= 4 is 29.0 Å². The third kappa shape index (κ3) is 3.94. The molecule has 1 saturated carbocycles. The van der Waals surface area contributed by atoms with Crippen LogP contribution in [0.1, 0.15) is 26.2 Å². The number of anilines is 1. The summed E-state index contributed by atoms with van der Waals surface area (Å²) in [6.07, 6.45) is 5.63. The van der Waals surface area contributed by atoms with Crippen molar-refractivity contribution in [3.05, 3.63) is 41.4 Å². The second-order valence-corrected chi connectivity index (χ2v) is 5.64. The van der Waals surface area contributed by atoms with Gasteiger partial charge in [0.25, 0.3) is 0 Å². The fourth-order valence-corrected chi connectivity index (χ4v) is 2.61. The first-order chi connectivity index (χ1) is 9.56. The summed E-state index contributed by atoms with van der Waals surface area (Å²) in [5, 5.41) is 3.26. The van der Waals surface area contributed by atoms with Crippen LogP contribution in [-0.4, -0.2) is 11.7 Å². The number of para-hydroxylation sites is 1. The van der Waals surface area contributed by atoms with Gasteiger partial charge in [0.05, 0.1) is 10.7 Å². The molecule has 0 radical (unpaired) electrons. The van der Waals surface area contributed by atoms with E-state index in [0.29, 0.717) is 35.3 Å². The molecule has 4 heteroatoms. The normalized spacial score (nSPS) is 20.3. The molecule has 1 fully saturated rings. The molecule has 0 spiro atoms. The Morgan fingerprint density at radius 3 is 2.85 bits per heavy atom. The van der Waals surface area contributed by atoms with E-state index in [2.05, 4.69) is 5.32 Å². The third-order valence-electron chi connectivity index (χ3n) is 3.71. The van der Waals surface area contributed by atoms with Gasteiger partial charge < -0.3 is 5.32 Å². The topological polar surface area (TPSA) is 46.2 Å². The second kappa shape index (κ2) is 6.71. The number of allylic oxidation sites excluding steroid dienone is 1. The predicted octanol–water partition coefficient (Wildman–Crippen LogP) is 3.84. The van der Waals surface area contributed by atoms with Crippen LogP contribution in [0.25, 0.3) is 0 Å². The minimum Gasteiger partial charge on any atom is -0.321 e. The molecule has 1 aliphatic rings. The average Bonchev–Trinajstić information content (AvgIpc) is 2.85. The molecule has 2 atom stereocenters. The Labute approximate surface area is 124 Å². The molecule has 1 aliphatic carbocycles. The maximum absolute atomic E-state index is 11.8. The molecule has 20 heavy (non-hydrogen) atoms. The number of hydrogen-bond donors (Lipinski definition) is 1. The van der Waals surface area contributed by atoms with E-state index in [1.165, 1.54) is 6.08 Å². The highest BCUT2D eigenvalue weighted by atomic mass is 35.5. The van der Waals surface area contributed by atoms with Gasteiger partial charge in [-0.15, -0.1) is 0 Å². The van der Waals surface area contributed by atoms with Crippen molar-refractivity contribution in [2.24, 2.45) is 11.8 Å². The largest absolute Gasteiger partial charge is 0.321 e. The van der Waals surface area contributed by atoms with Gasteiger partial charge in [-0.2, -0.15) is 0 Å². The third-order valence-corrected chi connectivity index (χ3v) is 4.04. The number of hydrogen-bond acceptors (Lipinski definition) is 2. The summed E-state index contributed by atoms with van der Waals surface area (Å²) in [5.41, 5.74) is 0.604. The van der Waals surface area contributed by atoms with Gasteiger partial charge in [-0.1, -0.05) is 36.7 Å². The molecule has 0 bridgehead atoms. The van der Waals surface area contributed by atoms with Crippen LogP contribution >= 0.6 is 11.6 Å². The molecule has 0 unspecified atom stereocenters. The number of halogens is 1. The number of rotatable bonds is 4. The van der Waals surface area contributed by atoms with E-state index >= 15 is 0 Å². The van der Waals surface area contributed by atoms with Crippen molar-refractivity contribution in [2.75, 3.05) is 5.32 Å². The molecule has 0 saturated heterocycles. The molecule has 0 aromatic heterocycles. The van der Waals surface area contributed by atoms with E-state index < -0.39 is 0 Å². The van der Waals surface area contributed by atoms with Crippen molar-refractivity contribution in [2.45, 2.75) is 26.2 Å². The van der Waals surface area contributed by atoms with Crippen molar-refractivity contribution in [3.63, 3.8) is 0 Å². The molecule has 1 N–H and O–H groups in total. The molecule has 0 heterocycles. The lowest BCUT2D eigenvalue weighted by molar-refractivity contribution is -0.117. The molecule has 1 aromatic carbocycles. The smallest absolute Gasteiger partial charge is 0.248 e. The van der Waals surface area contributed by atoms with E-state index in [0.717, 1.165) is 6.42 Å². The van der Waals surface area contributed by atoms with Gasteiger partial charge in [0.15, 0.2) is 0 Å². The summed E-state index contributed by atoms with van der Waals surface area (Å²) in [6, 6.07) is 7.12. The number of benzene rings is 1. The molecule has 1 amide bonds. The molecule has 106 valence electrons. The van der Waals surface area contributed by atoms with Crippen LogP contribution in [-0.2, 0) is 9.59 Å². The first kappa shape index (κ1) is 14.8. The first-order valence-electron chi connectivity index (χ1n) is 6.81. The van der Waals surface area contributed by atoms with Crippen LogP contribution in [0.5, 0.6) is 0 Å². The molecule has 3 nitrogen and oxygen atoms in total. The Hall–Kier alpha value is -1.61. The lowest BCUT2D eigenvalue weighted by atomic mass is 9.92. The van der Waals surface area contributed by atoms with E-state index in [-0.39, 0.29) is 11.8 Å². The lowest BCUT2D eigenvalue weighted by Gasteiger charge is -2.13. The fraction of sp³-hybridized carbons (Fsp3) is 0.375. The SMILES string of the molecule is C[C@@H](/C=C/C(=O)Nc1ccccc1Cl)[C@@H]1CCC(=O)C1. The summed E-state index contributed by atoms with van der Waals surface area (Å²) in [7, 11) is 0. The van der Waals surface area contributed by atoms with E-state index in [1.54, 1.807) is 12.1 Å². The van der Waals surface area contributed by atoms with Crippen LogP contribution in [0.2, 0.25) is 5.02 Å². The summed E-state index contributed by atoms with van der Waals surface area (Å²) in [5.74, 6) is 0.732. The summed E-state index contributed by atoms with van der Waals surface area (Å²) < 4.78 is 0. The van der Waals surface area contributed by atoms with Gasteiger partial charge in [-0.05, 0) is 36.5 Å². The zero-order chi connectivity index (χ0) is 14.5. The van der Waals surface area contributed by atoms with Gasteiger partial charge in [0, 0.05) is 12.8 Å². The Kier molecular flexibility index (Phi) is 4.96. The van der Waals surface area contributed by atoms with Crippen LogP contribution in [0.15, 0.2) is 36.4 Å². The maximum Gasteiger partial charge on any atom is 0.248 e. The molecule has 0 aliphatic heterocycles.